The molecule has 0 unspecified atom stereocenters. The lowest BCUT2D eigenvalue weighted by atomic mass is 9.78. The molecule has 2 N–H and O–H groups in total. The molecule has 2 aliphatic heterocycles. The summed E-state index contributed by atoms with van der Waals surface area (Å²) in [5, 5.41) is 21.9. The van der Waals surface area contributed by atoms with Crippen molar-refractivity contribution in [1.29, 1.82) is 0 Å². The van der Waals surface area contributed by atoms with E-state index >= 15 is 0 Å². The van der Waals surface area contributed by atoms with Gasteiger partial charge in [-0.2, -0.15) is 26.3 Å². The van der Waals surface area contributed by atoms with Crippen LogP contribution in [0.15, 0.2) is 54.0 Å². The number of benzene rings is 1. The fourth-order valence-corrected chi connectivity index (χ4v) is 7.75. The molecule has 1 aromatic carbocycles. The van der Waals surface area contributed by atoms with Gasteiger partial charge in [0.25, 0.3) is 11.8 Å². The van der Waals surface area contributed by atoms with E-state index in [0.717, 1.165) is 34.7 Å². The number of amides is 2. The van der Waals surface area contributed by atoms with Gasteiger partial charge < -0.3 is 29.5 Å². The van der Waals surface area contributed by atoms with E-state index in [9.17, 15) is 45.8 Å². The van der Waals surface area contributed by atoms with E-state index in [1.165, 1.54) is 4.90 Å². The lowest BCUT2D eigenvalue weighted by Gasteiger charge is -2.51. The number of rotatable bonds is 12. The molecular weight excluding hydrogens is 732 g/mol. The fraction of sp³-hybridized carbons (Fsp3) is 0.500. The van der Waals surface area contributed by atoms with E-state index in [1.807, 2.05) is 0 Å². The summed E-state index contributed by atoms with van der Waals surface area (Å²) in [7, 11) is 0. The third-order valence-corrected chi connectivity index (χ3v) is 10.5. The minimum absolute atomic E-state index is 0.00492. The summed E-state index contributed by atoms with van der Waals surface area (Å²) in [6.07, 6.45) is -8.03. The smallest absolute Gasteiger partial charge is 0.425 e. The molecule has 0 aliphatic carbocycles. The second-order valence-electron chi connectivity index (χ2n) is 13.1. The average Bonchev–Trinajstić information content (AvgIpc) is 3.60. The van der Waals surface area contributed by atoms with Crippen molar-refractivity contribution in [3.8, 4) is 11.5 Å². The molecule has 53 heavy (non-hydrogen) atoms. The number of hydrogen-bond acceptors (Lipinski definition) is 8. The number of carbonyl (C=O) groups is 3. The monoisotopic (exact) mass is 771 g/mol. The Balaban J connectivity index is 1.48. The summed E-state index contributed by atoms with van der Waals surface area (Å²) in [4.78, 5) is 45.0. The number of carbonyl (C=O) groups excluding carboxylic acids is 2. The van der Waals surface area contributed by atoms with Crippen molar-refractivity contribution in [1.82, 2.24) is 14.8 Å². The van der Waals surface area contributed by atoms with Gasteiger partial charge in [-0.15, -0.1) is 11.3 Å². The molecule has 0 radical (unpaired) electrons. The Hall–Kier alpha value is -4.38. The van der Waals surface area contributed by atoms with Crippen LogP contribution in [0.2, 0.25) is 0 Å². The zero-order chi connectivity index (χ0) is 38.6. The van der Waals surface area contributed by atoms with Crippen LogP contribution in [0.3, 0.4) is 0 Å². The van der Waals surface area contributed by atoms with E-state index in [4.69, 9.17) is 14.6 Å². The van der Waals surface area contributed by atoms with Crippen molar-refractivity contribution < 1.29 is 60.4 Å². The number of piperidine rings is 2. The van der Waals surface area contributed by atoms with E-state index in [1.54, 1.807) is 31.2 Å². The molecule has 2 atom stereocenters. The van der Waals surface area contributed by atoms with Gasteiger partial charge in [-0.1, -0.05) is 31.5 Å². The standard InChI is InChI=1S/C36H39F6N3O7S/c1-2-8-27-34(52-23-21-28(53-22-23)36(40,41)42,13-7-17-45(27)31(48)30-25(35(37,38)39)10-5-16-43-30)32(49)44-18-14-33(50,15-19-44)24-9-3-4-11-26(24)51-20-6-12-29(46)47/h3-5,9-11,16,21-22,27,50H,2,6-8,12-15,17-20H2,1H3,(H,46,47)/t27-,34+/m1/s1. The van der Waals surface area contributed by atoms with Crippen LogP contribution in [-0.4, -0.2) is 80.7 Å². The van der Waals surface area contributed by atoms with E-state index in [0.29, 0.717) is 29.1 Å². The number of hydrogen-bond donors (Lipinski definition) is 2. The number of nitrogens with zero attached hydrogens (tertiary/aromatic N) is 3. The Morgan fingerprint density at radius 1 is 1.00 bits per heavy atom. The third kappa shape index (κ3) is 8.72. The summed E-state index contributed by atoms with van der Waals surface area (Å²) < 4.78 is 95.1. The first-order valence-electron chi connectivity index (χ1n) is 17.1. The van der Waals surface area contributed by atoms with Crippen LogP contribution in [0.5, 0.6) is 11.5 Å². The Bertz CT molecular complexity index is 1780. The lowest BCUT2D eigenvalue weighted by Crippen LogP contribution is -2.68. The van der Waals surface area contributed by atoms with E-state index in [-0.39, 0.29) is 76.9 Å². The number of carboxylic acids is 1. The van der Waals surface area contributed by atoms with Gasteiger partial charge in [0.05, 0.1) is 23.8 Å². The van der Waals surface area contributed by atoms with Crippen LogP contribution in [-0.2, 0) is 27.5 Å². The van der Waals surface area contributed by atoms with Crippen molar-refractivity contribution in [3.63, 3.8) is 0 Å². The SMILES string of the molecule is CCC[C@H]1N(C(=O)c2ncccc2C(F)(F)F)CCC[C@@]1(Oc1csc(C(F)(F)F)c1)C(=O)N1CCC(O)(c2ccccc2OCCCC(=O)O)CC1. The Morgan fingerprint density at radius 3 is 2.36 bits per heavy atom. The number of pyridine rings is 1. The highest BCUT2D eigenvalue weighted by molar-refractivity contribution is 7.10. The van der Waals surface area contributed by atoms with Crippen molar-refractivity contribution >= 4 is 29.1 Å². The number of aliphatic hydroxyl groups is 1. The summed E-state index contributed by atoms with van der Waals surface area (Å²) in [5.74, 6) is -2.68. The number of carboxylic acid groups (broad SMARTS) is 1. The summed E-state index contributed by atoms with van der Waals surface area (Å²) in [6.45, 7) is 1.67. The van der Waals surface area contributed by atoms with Crippen molar-refractivity contribution in [2.24, 2.45) is 0 Å². The van der Waals surface area contributed by atoms with Gasteiger partial charge >= 0.3 is 18.3 Å². The van der Waals surface area contributed by atoms with Crippen LogP contribution in [0.1, 0.15) is 84.8 Å². The largest absolute Gasteiger partial charge is 0.493 e. The normalized spacial score (nSPS) is 20.6. The molecule has 2 amide bonds. The van der Waals surface area contributed by atoms with Crippen molar-refractivity contribution in [2.75, 3.05) is 26.2 Å². The first-order valence-corrected chi connectivity index (χ1v) is 18.0. The molecule has 3 aromatic rings. The molecule has 2 aliphatic rings. The topological polar surface area (TPSA) is 130 Å². The van der Waals surface area contributed by atoms with Gasteiger partial charge in [-0.3, -0.25) is 19.4 Å². The molecule has 17 heteroatoms. The predicted octanol–water partition coefficient (Wildman–Crippen LogP) is 7.16. The highest BCUT2D eigenvalue weighted by atomic mass is 32.1. The van der Waals surface area contributed by atoms with Crippen LogP contribution >= 0.6 is 11.3 Å². The first-order chi connectivity index (χ1) is 25.0. The van der Waals surface area contributed by atoms with E-state index < -0.39 is 63.5 Å². The third-order valence-electron chi connectivity index (χ3n) is 9.58. The number of para-hydroxylation sites is 1. The summed E-state index contributed by atoms with van der Waals surface area (Å²) >= 11 is 0.357. The Kier molecular flexibility index (Phi) is 12.0. The van der Waals surface area contributed by atoms with Crippen molar-refractivity contribution in [3.05, 3.63) is 75.7 Å². The maximum Gasteiger partial charge on any atom is 0.425 e. The summed E-state index contributed by atoms with van der Waals surface area (Å²) in [5.41, 5.74) is -5.18. The van der Waals surface area contributed by atoms with Gasteiger partial charge in [0.2, 0.25) is 5.60 Å². The second-order valence-corrected chi connectivity index (χ2v) is 14.0. The Morgan fingerprint density at radius 2 is 1.72 bits per heavy atom. The van der Waals surface area contributed by atoms with Gasteiger partial charge in [0.1, 0.15) is 22.1 Å². The molecule has 2 saturated heterocycles. The van der Waals surface area contributed by atoms with Gasteiger partial charge in [-0.05, 0) is 50.3 Å². The second kappa shape index (κ2) is 15.9. The number of aliphatic carboxylic acids is 1. The molecule has 2 fully saturated rings. The maximum absolute atomic E-state index is 14.8. The molecule has 2 aromatic heterocycles. The van der Waals surface area contributed by atoms with Crippen LogP contribution < -0.4 is 9.47 Å². The lowest BCUT2D eigenvalue weighted by molar-refractivity contribution is -0.163. The zero-order valence-corrected chi connectivity index (χ0v) is 29.5. The van der Waals surface area contributed by atoms with Crippen LogP contribution in [0, 0.1) is 0 Å². The number of aromatic nitrogens is 1. The number of ether oxygens (including phenoxy) is 2. The maximum atomic E-state index is 14.8. The van der Waals surface area contributed by atoms with E-state index in [2.05, 4.69) is 4.98 Å². The predicted molar refractivity (Wildman–Crippen MR) is 179 cm³/mol. The molecule has 5 rings (SSSR count). The number of thiophene rings is 1. The van der Waals surface area contributed by atoms with Crippen molar-refractivity contribution in [2.45, 2.75) is 87.9 Å². The molecule has 4 heterocycles. The molecule has 10 nitrogen and oxygen atoms in total. The van der Waals surface area contributed by atoms with Gasteiger partial charge in [-0.25, -0.2) is 0 Å². The quantitative estimate of drug-likeness (QED) is 0.147. The summed E-state index contributed by atoms with van der Waals surface area (Å²) in [6, 6.07) is 8.03. The minimum atomic E-state index is -4.92. The number of alkyl halides is 6. The minimum Gasteiger partial charge on any atom is -0.493 e. The Labute approximate surface area is 305 Å². The van der Waals surface area contributed by atoms with Crippen LogP contribution in [0.25, 0.3) is 0 Å². The molecule has 0 saturated carbocycles. The van der Waals surface area contributed by atoms with Gasteiger partial charge in [0, 0.05) is 55.7 Å². The number of likely N-dealkylation sites (tertiary alicyclic amines) is 2. The van der Waals surface area contributed by atoms with Gasteiger partial charge in [0.15, 0.2) is 0 Å². The fourth-order valence-electron chi connectivity index (χ4n) is 7.07. The zero-order valence-electron chi connectivity index (χ0n) is 28.7. The average molecular weight is 772 g/mol. The highest BCUT2D eigenvalue weighted by Gasteiger charge is 2.56. The number of halogens is 6. The highest BCUT2D eigenvalue weighted by Crippen LogP contribution is 2.44. The first kappa shape index (κ1) is 39.8. The molecule has 288 valence electrons. The van der Waals surface area contributed by atoms with Crippen LogP contribution in [0.4, 0.5) is 26.3 Å². The molecular formula is C36H39F6N3O7S. The molecule has 0 bridgehead atoms. The molecule has 0 spiro atoms.